The number of nitrogens with one attached hydrogen (secondary N) is 1. The third kappa shape index (κ3) is 3.45. The van der Waals surface area contributed by atoms with Gasteiger partial charge in [-0.1, -0.05) is 42.5 Å². The molecule has 0 saturated heterocycles. The molecular weight excluding hydrogens is 230 g/mol. The van der Waals surface area contributed by atoms with Crippen LogP contribution in [0.25, 0.3) is 0 Å². The highest BCUT2D eigenvalue weighted by molar-refractivity contribution is 5.36. The fraction of sp³-hybridized carbons (Fsp3) is 0.333. The summed E-state index contributed by atoms with van der Waals surface area (Å²) in [6.45, 7) is 9.68. The number of rotatable bonds is 4. The fourth-order valence-corrected chi connectivity index (χ4v) is 2.33. The first-order valence-electron chi connectivity index (χ1n) is 6.93. The summed E-state index contributed by atoms with van der Waals surface area (Å²) in [4.78, 5) is 0. The smallest absolute Gasteiger partial charge is 0.0294 e. The van der Waals surface area contributed by atoms with Gasteiger partial charge in [0, 0.05) is 12.6 Å². The molecule has 0 aliphatic carbocycles. The highest BCUT2D eigenvalue weighted by atomic mass is 14.9. The molecule has 0 saturated carbocycles. The van der Waals surface area contributed by atoms with E-state index in [0.29, 0.717) is 6.04 Å². The minimum atomic E-state index is 0.377. The summed E-state index contributed by atoms with van der Waals surface area (Å²) in [7, 11) is 0. The van der Waals surface area contributed by atoms with Crippen molar-refractivity contribution < 1.29 is 0 Å². The summed E-state index contributed by atoms with van der Waals surface area (Å²) in [5, 5.41) is 3.60. The van der Waals surface area contributed by atoms with Gasteiger partial charge < -0.3 is 5.32 Å². The highest BCUT2D eigenvalue weighted by Gasteiger charge is 2.06. The molecule has 2 aromatic rings. The molecule has 0 unspecified atom stereocenters. The van der Waals surface area contributed by atoms with Crippen molar-refractivity contribution in [3.63, 3.8) is 0 Å². The van der Waals surface area contributed by atoms with Gasteiger partial charge in [0.05, 0.1) is 0 Å². The zero-order valence-electron chi connectivity index (χ0n) is 12.3. The SMILES string of the molecule is Cc1cc(C)c(CN[C@@H](C)c2ccccc2)cc1C. The van der Waals surface area contributed by atoms with Gasteiger partial charge in [-0.25, -0.2) is 0 Å². The lowest BCUT2D eigenvalue weighted by atomic mass is 10.0. The summed E-state index contributed by atoms with van der Waals surface area (Å²) in [6, 6.07) is 15.5. The lowest BCUT2D eigenvalue weighted by Crippen LogP contribution is -2.18. The van der Waals surface area contributed by atoms with Crippen LogP contribution in [0.2, 0.25) is 0 Å². The Bertz CT molecular complexity index is 543. The monoisotopic (exact) mass is 253 g/mol. The average molecular weight is 253 g/mol. The summed E-state index contributed by atoms with van der Waals surface area (Å²) in [6.07, 6.45) is 0. The van der Waals surface area contributed by atoms with Crippen LogP contribution in [0.1, 0.15) is 40.8 Å². The van der Waals surface area contributed by atoms with E-state index in [-0.39, 0.29) is 0 Å². The largest absolute Gasteiger partial charge is 0.306 e. The molecule has 2 aromatic carbocycles. The van der Waals surface area contributed by atoms with Crippen molar-refractivity contribution in [1.82, 2.24) is 5.32 Å². The molecule has 2 rings (SSSR count). The lowest BCUT2D eigenvalue weighted by molar-refractivity contribution is 0.573. The van der Waals surface area contributed by atoms with Gasteiger partial charge >= 0.3 is 0 Å². The Kier molecular flexibility index (Phi) is 4.39. The molecule has 1 N–H and O–H groups in total. The van der Waals surface area contributed by atoms with Crippen LogP contribution >= 0.6 is 0 Å². The zero-order chi connectivity index (χ0) is 13.8. The van der Waals surface area contributed by atoms with Gasteiger partial charge in [0.1, 0.15) is 0 Å². The predicted molar refractivity (Wildman–Crippen MR) is 82.3 cm³/mol. The lowest BCUT2D eigenvalue weighted by Gasteiger charge is -2.16. The van der Waals surface area contributed by atoms with Gasteiger partial charge in [-0.3, -0.25) is 0 Å². The molecule has 0 spiro atoms. The van der Waals surface area contributed by atoms with E-state index in [9.17, 15) is 0 Å². The molecule has 1 heteroatoms. The molecule has 1 atom stereocenters. The van der Waals surface area contributed by atoms with Gasteiger partial charge in [-0.05, 0) is 55.5 Å². The van der Waals surface area contributed by atoms with Crippen LogP contribution in [-0.2, 0) is 6.54 Å². The number of hydrogen-bond donors (Lipinski definition) is 1. The van der Waals surface area contributed by atoms with Crippen LogP contribution in [-0.4, -0.2) is 0 Å². The van der Waals surface area contributed by atoms with Crippen molar-refractivity contribution >= 4 is 0 Å². The van der Waals surface area contributed by atoms with Crippen LogP contribution in [0.15, 0.2) is 42.5 Å². The van der Waals surface area contributed by atoms with E-state index in [2.05, 4.69) is 75.5 Å². The second kappa shape index (κ2) is 6.03. The molecular formula is C18H23N. The normalized spacial score (nSPS) is 12.4. The van der Waals surface area contributed by atoms with E-state index < -0.39 is 0 Å². The van der Waals surface area contributed by atoms with E-state index in [0.717, 1.165) is 6.54 Å². The highest BCUT2D eigenvalue weighted by Crippen LogP contribution is 2.17. The third-order valence-corrected chi connectivity index (χ3v) is 3.85. The van der Waals surface area contributed by atoms with Gasteiger partial charge in [0.2, 0.25) is 0 Å². The van der Waals surface area contributed by atoms with E-state index >= 15 is 0 Å². The van der Waals surface area contributed by atoms with Crippen LogP contribution in [0, 0.1) is 20.8 Å². The minimum absolute atomic E-state index is 0.377. The number of aryl methyl sites for hydroxylation is 3. The Morgan fingerprint density at radius 2 is 1.53 bits per heavy atom. The minimum Gasteiger partial charge on any atom is -0.306 e. The van der Waals surface area contributed by atoms with Gasteiger partial charge in [-0.15, -0.1) is 0 Å². The number of hydrogen-bond acceptors (Lipinski definition) is 1. The molecule has 19 heavy (non-hydrogen) atoms. The molecule has 0 aliphatic rings. The molecule has 0 heterocycles. The van der Waals surface area contributed by atoms with Gasteiger partial charge in [-0.2, -0.15) is 0 Å². The summed E-state index contributed by atoms with van der Waals surface area (Å²) >= 11 is 0. The van der Waals surface area contributed by atoms with Crippen molar-refractivity contribution in [1.29, 1.82) is 0 Å². The van der Waals surface area contributed by atoms with Crippen molar-refractivity contribution in [2.75, 3.05) is 0 Å². The third-order valence-electron chi connectivity index (χ3n) is 3.85. The molecule has 0 amide bonds. The Morgan fingerprint density at radius 1 is 0.895 bits per heavy atom. The maximum atomic E-state index is 3.60. The molecule has 0 aliphatic heterocycles. The molecule has 0 bridgehead atoms. The molecule has 100 valence electrons. The van der Waals surface area contributed by atoms with Crippen LogP contribution in [0.4, 0.5) is 0 Å². The van der Waals surface area contributed by atoms with Crippen molar-refractivity contribution in [2.45, 2.75) is 40.3 Å². The Labute approximate surface area is 116 Å². The van der Waals surface area contributed by atoms with E-state index in [1.165, 1.54) is 27.8 Å². The fourth-order valence-electron chi connectivity index (χ4n) is 2.33. The molecule has 0 aromatic heterocycles. The quantitative estimate of drug-likeness (QED) is 0.848. The van der Waals surface area contributed by atoms with E-state index in [4.69, 9.17) is 0 Å². The Hall–Kier alpha value is -1.60. The summed E-state index contributed by atoms with van der Waals surface area (Å²) < 4.78 is 0. The summed E-state index contributed by atoms with van der Waals surface area (Å²) in [5.74, 6) is 0. The van der Waals surface area contributed by atoms with Crippen molar-refractivity contribution in [3.8, 4) is 0 Å². The molecule has 0 fully saturated rings. The average Bonchev–Trinajstić information content (AvgIpc) is 2.42. The van der Waals surface area contributed by atoms with Crippen molar-refractivity contribution in [2.24, 2.45) is 0 Å². The molecule has 1 nitrogen and oxygen atoms in total. The van der Waals surface area contributed by atoms with Gasteiger partial charge in [0.25, 0.3) is 0 Å². The van der Waals surface area contributed by atoms with Crippen LogP contribution in [0.3, 0.4) is 0 Å². The number of benzene rings is 2. The Balaban J connectivity index is 2.05. The Morgan fingerprint density at radius 3 is 2.21 bits per heavy atom. The topological polar surface area (TPSA) is 12.0 Å². The standard InChI is InChI=1S/C18H23N/c1-13-10-15(3)18(11-14(13)2)12-19-16(4)17-8-6-5-7-9-17/h5-11,16,19H,12H2,1-4H3/t16-/m0/s1. The first-order chi connectivity index (χ1) is 9.08. The van der Waals surface area contributed by atoms with E-state index in [1.54, 1.807) is 0 Å². The predicted octanol–water partition coefficient (Wildman–Crippen LogP) is 4.46. The first-order valence-corrected chi connectivity index (χ1v) is 6.93. The second-order valence-corrected chi connectivity index (χ2v) is 5.38. The van der Waals surface area contributed by atoms with Crippen LogP contribution < -0.4 is 5.32 Å². The van der Waals surface area contributed by atoms with Crippen molar-refractivity contribution in [3.05, 3.63) is 70.3 Å². The molecule has 0 radical (unpaired) electrons. The second-order valence-electron chi connectivity index (χ2n) is 5.38. The van der Waals surface area contributed by atoms with Crippen LogP contribution in [0.5, 0.6) is 0 Å². The first kappa shape index (κ1) is 13.8. The zero-order valence-corrected chi connectivity index (χ0v) is 12.3. The van der Waals surface area contributed by atoms with E-state index in [1.807, 2.05) is 0 Å². The maximum absolute atomic E-state index is 3.60. The maximum Gasteiger partial charge on any atom is 0.0294 e. The summed E-state index contributed by atoms with van der Waals surface area (Å²) in [5.41, 5.74) is 6.85. The van der Waals surface area contributed by atoms with Gasteiger partial charge in [0.15, 0.2) is 0 Å².